The van der Waals surface area contributed by atoms with Crippen LogP contribution in [-0.2, 0) is 18.5 Å². The van der Waals surface area contributed by atoms with Crippen LogP contribution in [0.5, 0.6) is 0 Å². The second-order valence-electron chi connectivity index (χ2n) is 8.89. The maximum absolute atomic E-state index is 14.1. The number of benzene rings is 2. The molecule has 0 unspecified atom stereocenters. The predicted molar refractivity (Wildman–Crippen MR) is 130 cm³/mol. The molecule has 0 N–H and O–H groups in total. The first kappa shape index (κ1) is 31.9. The van der Waals surface area contributed by atoms with Crippen molar-refractivity contribution in [2.45, 2.75) is 25.5 Å². The van der Waals surface area contributed by atoms with E-state index in [9.17, 15) is 60.6 Å². The number of aryl methyl sites for hydroxylation is 1. The third kappa shape index (κ3) is 6.05. The highest BCUT2D eigenvalue weighted by atomic mass is 19.4. The number of nitrogens with zero attached hydrogens (tertiary/aromatic N) is 6. The molecule has 0 aliphatic heterocycles. The van der Waals surface area contributed by atoms with E-state index in [-0.39, 0.29) is 17.7 Å². The lowest BCUT2D eigenvalue weighted by atomic mass is 9.99. The number of alkyl halides is 9. The molecule has 2 aromatic heterocycles. The van der Waals surface area contributed by atoms with Gasteiger partial charge in [0.25, 0.3) is 0 Å². The lowest BCUT2D eigenvalue weighted by Crippen LogP contribution is -2.12. The number of hydrogen-bond acceptors (Lipinski definition) is 8. The minimum absolute atomic E-state index is 0.113. The average Bonchev–Trinajstić information content (AvgIpc) is 3.58. The van der Waals surface area contributed by atoms with Gasteiger partial charge in [0.15, 0.2) is 11.1 Å². The molecule has 0 spiro atoms. The Morgan fingerprint density at radius 1 is 0.600 bits per heavy atom. The summed E-state index contributed by atoms with van der Waals surface area (Å²) in [4.78, 5) is 7.51. The van der Waals surface area contributed by atoms with Gasteiger partial charge in [-0.05, 0) is 25.1 Å². The van der Waals surface area contributed by atoms with Crippen LogP contribution in [0.25, 0.3) is 33.7 Å². The molecule has 0 bridgehead atoms. The maximum atomic E-state index is 14.1. The standard InChI is InChI=1S/C28H9F9N6O2/c1-12-2-4-16(18(6-12)27(32,33)34)20-22(44-24(42-20)13(8-38)9-39)23-21(43-25(45-23)14(10-40)11-41)17-5-3-15(26(29,30)31)7-19(17)28(35,36)37/h2-7H,1H3/b23-22+. The monoisotopic (exact) mass is 632 g/mol. The largest absolute Gasteiger partial charge is 0.431 e. The van der Waals surface area contributed by atoms with E-state index in [1.807, 2.05) is 0 Å². The van der Waals surface area contributed by atoms with Gasteiger partial charge in [-0.15, -0.1) is 0 Å². The highest BCUT2D eigenvalue weighted by Gasteiger charge is 2.40. The van der Waals surface area contributed by atoms with Crippen molar-refractivity contribution in [1.82, 2.24) is 9.97 Å². The number of nitriles is 4. The molecule has 0 saturated heterocycles. The Balaban J connectivity index is 2.39. The van der Waals surface area contributed by atoms with E-state index in [1.54, 1.807) is 0 Å². The summed E-state index contributed by atoms with van der Waals surface area (Å²) in [6, 6.07) is 8.62. The van der Waals surface area contributed by atoms with Crippen LogP contribution in [0.4, 0.5) is 39.5 Å². The zero-order chi connectivity index (χ0) is 33.5. The number of oxazole rings is 2. The summed E-state index contributed by atoms with van der Waals surface area (Å²) < 4.78 is 135. The molecule has 0 aliphatic carbocycles. The van der Waals surface area contributed by atoms with Crippen LogP contribution in [0.2, 0.25) is 0 Å². The smallest absolute Gasteiger partial charge is 0.417 e. The van der Waals surface area contributed by atoms with Crippen molar-refractivity contribution in [3.63, 3.8) is 0 Å². The molecule has 4 aromatic rings. The van der Waals surface area contributed by atoms with Crippen LogP contribution < -0.4 is 11.1 Å². The summed E-state index contributed by atoms with van der Waals surface area (Å²) in [6.45, 7) is 1.32. The van der Waals surface area contributed by atoms with Crippen molar-refractivity contribution in [1.29, 1.82) is 21.0 Å². The van der Waals surface area contributed by atoms with E-state index in [0.717, 1.165) is 6.07 Å². The summed E-state index contributed by atoms with van der Waals surface area (Å²) in [7, 11) is 0. The molecule has 17 heteroatoms. The molecular formula is C28H9F9N6O2. The lowest BCUT2D eigenvalue weighted by Gasteiger charge is -2.14. The van der Waals surface area contributed by atoms with Crippen LogP contribution in [0.15, 0.2) is 45.2 Å². The summed E-state index contributed by atoms with van der Waals surface area (Å²) in [5.74, 6) is 0. The van der Waals surface area contributed by atoms with Gasteiger partial charge in [0.05, 0.1) is 16.7 Å². The second kappa shape index (κ2) is 11.2. The fraction of sp³-hybridized carbons (Fsp3) is 0.143. The Morgan fingerprint density at radius 3 is 1.38 bits per heavy atom. The van der Waals surface area contributed by atoms with Crippen LogP contribution >= 0.6 is 0 Å². The highest BCUT2D eigenvalue weighted by molar-refractivity contribution is 5.74. The van der Waals surface area contributed by atoms with Gasteiger partial charge in [-0.25, -0.2) is 9.97 Å². The summed E-state index contributed by atoms with van der Waals surface area (Å²) >= 11 is 0. The molecule has 0 atom stereocenters. The average molecular weight is 632 g/mol. The van der Waals surface area contributed by atoms with E-state index in [2.05, 4.69) is 9.97 Å². The van der Waals surface area contributed by atoms with Crippen molar-refractivity contribution in [2.75, 3.05) is 0 Å². The molecular weight excluding hydrogens is 623 g/mol. The zero-order valence-corrected chi connectivity index (χ0v) is 21.9. The van der Waals surface area contributed by atoms with Crippen LogP contribution in [0, 0.1) is 63.1 Å². The van der Waals surface area contributed by atoms with E-state index >= 15 is 0 Å². The van der Waals surface area contributed by atoms with Crippen LogP contribution in [0.1, 0.15) is 22.3 Å². The topological polar surface area (TPSA) is 147 Å². The molecule has 226 valence electrons. The second-order valence-corrected chi connectivity index (χ2v) is 8.89. The lowest BCUT2D eigenvalue weighted by molar-refractivity contribution is -0.143. The number of aromatic nitrogens is 2. The Morgan fingerprint density at radius 2 is 1.00 bits per heavy atom. The molecule has 2 aromatic carbocycles. The fourth-order valence-electron chi connectivity index (χ4n) is 4.03. The molecule has 0 aliphatic rings. The van der Waals surface area contributed by atoms with E-state index in [0.29, 0.717) is 12.1 Å². The van der Waals surface area contributed by atoms with Crippen LogP contribution in [-0.4, -0.2) is 9.97 Å². The quantitative estimate of drug-likeness (QED) is 0.243. The first-order chi connectivity index (χ1) is 20.9. The Bertz CT molecular complexity index is 2220. The first-order valence-corrected chi connectivity index (χ1v) is 11.8. The van der Waals surface area contributed by atoms with Gasteiger partial charge < -0.3 is 8.83 Å². The van der Waals surface area contributed by atoms with Crippen molar-refractivity contribution in [3.05, 3.63) is 80.6 Å². The van der Waals surface area contributed by atoms with E-state index in [1.165, 1.54) is 37.3 Å². The summed E-state index contributed by atoms with van der Waals surface area (Å²) in [5.41, 5.74) is -14.3. The van der Waals surface area contributed by atoms with Crippen molar-refractivity contribution >= 4 is 11.1 Å². The molecule has 4 rings (SSSR count). The summed E-state index contributed by atoms with van der Waals surface area (Å²) in [6.07, 6.45) is -15.8. The van der Waals surface area contributed by atoms with Gasteiger partial charge in [0.1, 0.15) is 35.7 Å². The third-order valence-corrected chi connectivity index (χ3v) is 5.98. The predicted octanol–water partition coefficient (Wildman–Crippen LogP) is 6.04. The molecule has 0 amide bonds. The van der Waals surface area contributed by atoms with Gasteiger partial charge in [-0.3, -0.25) is 0 Å². The first-order valence-electron chi connectivity index (χ1n) is 11.8. The molecule has 0 saturated carbocycles. The van der Waals surface area contributed by atoms with Crippen LogP contribution in [0.3, 0.4) is 0 Å². The Hall–Kier alpha value is -6.07. The number of halogens is 9. The van der Waals surface area contributed by atoms with Gasteiger partial charge in [0.2, 0.25) is 21.9 Å². The minimum atomic E-state index is -5.48. The molecule has 45 heavy (non-hydrogen) atoms. The zero-order valence-electron chi connectivity index (χ0n) is 21.9. The van der Waals surface area contributed by atoms with E-state index < -0.39 is 90.8 Å². The molecule has 2 heterocycles. The highest BCUT2D eigenvalue weighted by Crippen LogP contribution is 2.41. The fourth-order valence-corrected chi connectivity index (χ4v) is 4.03. The Labute approximate surface area is 243 Å². The van der Waals surface area contributed by atoms with Crippen molar-refractivity contribution in [3.8, 4) is 46.8 Å². The minimum Gasteiger partial charge on any atom is -0.431 e. The normalized spacial score (nSPS) is 12.5. The van der Waals surface area contributed by atoms with Gasteiger partial charge in [-0.1, -0.05) is 23.8 Å². The third-order valence-electron chi connectivity index (χ3n) is 5.98. The number of rotatable bonds is 2. The SMILES string of the molecule is Cc1ccc(-c2nc(=C(C#N)C#N)o/c2=c2/oc(=C(C#N)C#N)nc2-c2ccc(C(F)(F)F)cc2C(F)(F)F)c(C(F)(F)F)c1. The van der Waals surface area contributed by atoms with Gasteiger partial charge >= 0.3 is 18.5 Å². The van der Waals surface area contributed by atoms with E-state index in [4.69, 9.17) is 8.83 Å². The van der Waals surface area contributed by atoms with Crippen molar-refractivity contribution in [2.24, 2.45) is 0 Å². The van der Waals surface area contributed by atoms with Gasteiger partial charge in [-0.2, -0.15) is 60.6 Å². The molecule has 0 radical (unpaired) electrons. The summed E-state index contributed by atoms with van der Waals surface area (Å²) in [5, 5.41) is 37.2. The number of hydrogen-bond donors (Lipinski definition) is 0. The van der Waals surface area contributed by atoms with Gasteiger partial charge in [0, 0.05) is 11.1 Å². The molecule has 8 nitrogen and oxygen atoms in total. The van der Waals surface area contributed by atoms with Crippen molar-refractivity contribution < 1.29 is 48.3 Å². The maximum Gasteiger partial charge on any atom is 0.417 e. The Kier molecular flexibility index (Phi) is 7.94. The molecule has 0 fully saturated rings.